The summed E-state index contributed by atoms with van der Waals surface area (Å²) in [4.78, 5) is 32.9. The van der Waals surface area contributed by atoms with Crippen LogP contribution in [-0.4, -0.2) is 23.4 Å². The van der Waals surface area contributed by atoms with Crippen molar-refractivity contribution >= 4 is 38.4 Å². The number of halogens is 2. The Balaban J connectivity index is 0. The van der Waals surface area contributed by atoms with Gasteiger partial charge in [-0.3, -0.25) is 9.13 Å². The summed E-state index contributed by atoms with van der Waals surface area (Å²) in [7, 11) is -10.4. The van der Waals surface area contributed by atoms with Crippen LogP contribution >= 0.6 is 38.4 Å². The van der Waals surface area contributed by atoms with Crippen molar-refractivity contribution in [3.63, 3.8) is 0 Å². The molecule has 0 saturated carbocycles. The number of hydrogen-bond acceptors (Lipinski definition) is 2. The van der Waals surface area contributed by atoms with Crippen molar-refractivity contribution in [3.8, 4) is 0 Å². The summed E-state index contributed by atoms with van der Waals surface area (Å²) in [5.74, 6) is 0. The molecule has 0 aromatic rings. The van der Waals surface area contributed by atoms with Crippen LogP contribution in [0.1, 0.15) is 0 Å². The number of rotatable bonds is 2. The fourth-order valence-corrected chi connectivity index (χ4v) is 1.53. The van der Waals surface area contributed by atoms with E-state index in [1.165, 1.54) is 0 Å². The van der Waals surface area contributed by atoms with Crippen LogP contribution in [0.4, 0.5) is 0 Å². The molecule has 0 fully saturated rings. The van der Waals surface area contributed by atoms with Crippen molar-refractivity contribution in [3.05, 3.63) is 0 Å². The van der Waals surface area contributed by atoms with E-state index in [1.54, 1.807) is 0 Å². The zero-order valence-corrected chi connectivity index (χ0v) is 11.1. The van der Waals surface area contributed by atoms with E-state index in [0.29, 0.717) is 0 Å². The Morgan fingerprint density at radius 3 is 1.08 bits per heavy atom. The van der Waals surface area contributed by atoms with Gasteiger partial charge >= 0.3 is 48.6 Å². The molecule has 0 spiro atoms. The Kier molecular flexibility index (Phi) is 6.25. The zero-order valence-electron chi connectivity index (χ0n) is 5.76. The van der Waals surface area contributed by atoms with E-state index in [0.717, 1.165) is 0 Å². The van der Waals surface area contributed by atoms with Crippen LogP contribution in [0.2, 0.25) is 0 Å². The monoisotopic (exact) mass is 267 g/mol. The summed E-state index contributed by atoms with van der Waals surface area (Å²) in [5, 5.41) is 0. The average Bonchev–Trinajstić information content (AvgIpc) is 1.58. The first kappa shape index (κ1) is 16.3. The fourth-order valence-electron chi connectivity index (χ4n) is 0.170. The molecule has 0 aliphatic heterocycles. The van der Waals surface area contributed by atoms with E-state index >= 15 is 0 Å². The topological polar surface area (TPSA) is 115 Å². The summed E-state index contributed by atoms with van der Waals surface area (Å²) in [6, 6.07) is 0. The van der Waals surface area contributed by atoms with Crippen molar-refractivity contribution in [2.75, 3.05) is 0 Å². The second-order valence-corrected chi connectivity index (χ2v) is 7.85. The minimum absolute atomic E-state index is 0. The van der Waals surface area contributed by atoms with Crippen LogP contribution < -0.4 is 29.6 Å². The van der Waals surface area contributed by atoms with Gasteiger partial charge in [0.1, 0.15) is 0 Å². The van der Waals surface area contributed by atoms with Crippen molar-refractivity contribution in [1.82, 2.24) is 0 Å². The summed E-state index contributed by atoms with van der Waals surface area (Å²) < 4.78 is 17.1. The maximum atomic E-state index is 10.2. The first-order valence-corrected chi connectivity index (χ1v) is 5.97. The molecule has 4 N–H and O–H groups in total. The Hall–Kier alpha value is 1.88. The molecule has 0 rings (SSSR count). The standard InChI is InChI=1S/CH4Cl2O6P2.Na/c2-1(3,10(4,5)6)11(7,8)9;/h(H2,4,5,6)(H2,7,8,9);/q;+1. The number of hydrogen-bond donors (Lipinski definition) is 4. The molecule has 11 heteroatoms. The summed E-state index contributed by atoms with van der Waals surface area (Å²) >= 11 is 9.46. The third-order valence-electron chi connectivity index (χ3n) is 0.701. The third kappa shape index (κ3) is 3.56. The molecule has 0 bridgehead atoms. The van der Waals surface area contributed by atoms with Crippen LogP contribution in [0.15, 0.2) is 0 Å². The van der Waals surface area contributed by atoms with Gasteiger partial charge in [0.2, 0.25) is 0 Å². The quantitative estimate of drug-likeness (QED) is 0.249. The van der Waals surface area contributed by atoms with Gasteiger partial charge in [-0.15, -0.1) is 0 Å². The van der Waals surface area contributed by atoms with Crippen LogP contribution in [0.3, 0.4) is 0 Å². The molecule has 0 amide bonds. The van der Waals surface area contributed by atoms with Gasteiger partial charge in [-0.25, -0.2) is 0 Å². The second-order valence-electron chi connectivity index (χ2n) is 1.60. The minimum atomic E-state index is -5.22. The molecule has 0 unspecified atom stereocenters. The maximum absolute atomic E-state index is 10.2. The minimum Gasteiger partial charge on any atom is -0.322 e. The maximum Gasteiger partial charge on any atom is 1.00 e. The Bertz CT molecular complexity index is 216. The first-order chi connectivity index (χ1) is 4.50. The smallest absolute Gasteiger partial charge is 0.322 e. The predicted octanol–water partition coefficient (Wildman–Crippen LogP) is -2.57. The Morgan fingerprint density at radius 2 is 1.08 bits per heavy atom. The van der Waals surface area contributed by atoms with E-state index in [4.69, 9.17) is 42.8 Å². The molecule has 6 nitrogen and oxygen atoms in total. The third-order valence-corrected chi connectivity index (χ3v) is 6.31. The second kappa shape index (κ2) is 4.60. The van der Waals surface area contributed by atoms with Crippen LogP contribution in [0.25, 0.3) is 0 Å². The predicted molar refractivity (Wildman–Crippen MR) is 38.5 cm³/mol. The van der Waals surface area contributed by atoms with Crippen molar-refractivity contribution in [2.24, 2.45) is 0 Å². The van der Waals surface area contributed by atoms with Crippen molar-refractivity contribution in [1.29, 1.82) is 0 Å². The first-order valence-electron chi connectivity index (χ1n) is 1.99. The molecule has 0 saturated heterocycles. The molecule has 0 aromatic heterocycles. The molecular formula is CH4Cl2NaO6P2+. The molecule has 0 heterocycles. The molecule has 0 aliphatic carbocycles. The van der Waals surface area contributed by atoms with Gasteiger partial charge in [0.05, 0.1) is 0 Å². The van der Waals surface area contributed by atoms with Crippen LogP contribution in [0, 0.1) is 0 Å². The molecule has 0 atom stereocenters. The van der Waals surface area contributed by atoms with Crippen LogP contribution in [0.5, 0.6) is 0 Å². The van der Waals surface area contributed by atoms with E-state index in [-0.39, 0.29) is 29.6 Å². The van der Waals surface area contributed by atoms with Crippen LogP contribution in [-0.2, 0) is 9.13 Å². The number of alkyl halides is 2. The van der Waals surface area contributed by atoms with E-state index in [1.807, 2.05) is 0 Å². The summed E-state index contributed by atoms with van der Waals surface area (Å²) in [6.07, 6.45) is 0. The molecule has 68 valence electrons. The van der Waals surface area contributed by atoms with E-state index in [9.17, 15) is 9.13 Å². The molecule has 0 radical (unpaired) electrons. The van der Waals surface area contributed by atoms with Crippen molar-refractivity contribution < 1.29 is 58.3 Å². The van der Waals surface area contributed by atoms with Gasteiger partial charge in [-0.05, 0) is 0 Å². The molecule has 0 aliphatic rings. The van der Waals surface area contributed by atoms with E-state index in [2.05, 4.69) is 0 Å². The summed E-state index contributed by atoms with van der Waals surface area (Å²) in [5.41, 5.74) is 0. The van der Waals surface area contributed by atoms with Gasteiger partial charge < -0.3 is 19.6 Å². The van der Waals surface area contributed by atoms with Gasteiger partial charge in [-0.1, -0.05) is 23.2 Å². The molecule has 0 aromatic carbocycles. The average molecular weight is 268 g/mol. The normalized spacial score (nSPS) is 13.8. The molecule has 12 heavy (non-hydrogen) atoms. The van der Waals surface area contributed by atoms with Crippen molar-refractivity contribution in [2.45, 2.75) is 3.82 Å². The van der Waals surface area contributed by atoms with Gasteiger partial charge in [0.25, 0.3) is 0 Å². The zero-order chi connectivity index (χ0) is 9.50. The van der Waals surface area contributed by atoms with Gasteiger partial charge in [-0.2, -0.15) is 0 Å². The summed E-state index contributed by atoms with van der Waals surface area (Å²) in [6.45, 7) is 0. The Labute approximate surface area is 99.9 Å². The van der Waals surface area contributed by atoms with Gasteiger partial charge in [0, 0.05) is 0 Å². The van der Waals surface area contributed by atoms with Gasteiger partial charge in [0.15, 0.2) is 0 Å². The molecular weight excluding hydrogens is 264 g/mol. The largest absolute Gasteiger partial charge is 1.00 e. The fraction of sp³-hybridized carbons (Fsp3) is 1.00. The SMILES string of the molecule is O=P(O)(O)C(Cl)(Cl)P(=O)(O)O.[Na+]. The Morgan fingerprint density at radius 1 is 0.917 bits per heavy atom. The van der Waals surface area contributed by atoms with E-state index < -0.39 is 19.0 Å².